The minimum Gasteiger partial charge on any atom is -0.493 e. The Bertz CT molecular complexity index is 909. The van der Waals surface area contributed by atoms with Gasteiger partial charge in [0.05, 0.1) is 12.8 Å². The summed E-state index contributed by atoms with van der Waals surface area (Å²) in [6.45, 7) is -1.71. The lowest BCUT2D eigenvalue weighted by Crippen LogP contribution is -2.28. The smallest absolute Gasteiger partial charge is 0.387 e. The first-order valence-corrected chi connectivity index (χ1v) is 8.09. The zero-order valence-electron chi connectivity index (χ0n) is 15.3. The molecule has 0 aliphatic rings. The fourth-order valence-electron chi connectivity index (χ4n) is 2.08. The number of nitrogens with two attached hydrogens (primary N) is 1. The predicted octanol–water partition coefficient (Wildman–Crippen LogP) is 3.24. The van der Waals surface area contributed by atoms with Gasteiger partial charge >= 0.3 is 6.61 Å². The van der Waals surface area contributed by atoms with E-state index in [4.69, 9.17) is 15.3 Å². The number of halogens is 4. The molecule has 0 saturated heterocycles. The van der Waals surface area contributed by atoms with Crippen LogP contribution in [0.1, 0.15) is 12.5 Å². The van der Waals surface area contributed by atoms with Crippen molar-refractivity contribution in [2.75, 3.05) is 12.4 Å². The highest BCUT2D eigenvalue weighted by Gasteiger charge is 2.17. The number of nitrogens with one attached hydrogen (secondary N) is 1. The van der Waals surface area contributed by atoms with Gasteiger partial charge in [0.1, 0.15) is 11.6 Å². The van der Waals surface area contributed by atoms with E-state index in [0.717, 1.165) is 12.1 Å². The Hall–Kier alpha value is -3.50. The average Bonchev–Trinajstić information content (AvgIpc) is 2.67. The minimum atomic E-state index is -3.03. The SMILES string of the molecule is COc1cc(/C(N)=N/OC(C)C(=O)Nc2ccc(F)cc2F)ccc1OC(F)F. The molecule has 1 atom stereocenters. The van der Waals surface area contributed by atoms with Gasteiger partial charge in [-0.3, -0.25) is 4.79 Å². The summed E-state index contributed by atoms with van der Waals surface area (Å²) in [5, 5.41) is 5.82. The van der Waals surface area contributed by atoms with E-state index in [1.54, 1.807) is 0 Å². The Morgan fingerprint density at radius 2 is 1.86 bits per heavy atom. The Kier molecular flexibility index (Phi) is 7.23. The molecule has 0 saturated carbocycles. The van der Waals surface area contributed by atoms with Crippen LogP contribution in [0.3, 0.4) is 0 Å². The largest absolute Gasteiger partial charge is 0.493 e. The molecule has 29 heavy (non-hydrogen) atoms. The van der Waals surface area contributed by atoms with Gasteiger partial charge in [-0.05, 0) is 37.3 Å². The zero-order valence-corrected chi connectivity index (χ0v) is 15.3. The lowest BCUT2D eigenvalue weighted by atomic mass is 10.2. The summed E-state index contributed by atoms with van der Waals surface area (Å²) in [6, 6.07) is 6.49. The number of hydrogen-bond donors (Lipinski definition) is 2. The van der Waals surface area contributed by atoms with E-state index in [9.17, 15) is 22.4 Å². The molecular formula is C18H17F4N3O4. The Morgan fingerprint density at radius 1 is 1.14 bits per heavy atom. The molecule has 0 aliphatic heterocycles. The number of methoxy groups -OCH3 is 1. The van der Waals surface area contributed by atoms with Crippen molar-refractivity contribution in [3.05, 3.63) is 53.6 Å². The Balaban J connectivity index is 2.05. The Morgan fingerprint density at radius 3 is 2.48 bits per heavy atom. The predicted molar refractivity (Wildman–Crippen MR) is 95.9 cm³/mol. The van der Waals surface area contributed by atoms with Crippen molar-refractivity contribution in [2.45, 2.75) is 19.6 Å². The highest BCUT2D eigenvalue weighted by molar-refractivity contribution is 5.98. The molecule has 1 amide bonds. The molecular weight excluding hydrogens is 398 g/mol. The van der Waals surface area contributed by atoms with Crippen molar-refractivity contribution < 1.29 is 36.7 Å². The fourth-order valence-corrected chi connectivity index (χ4v) is 2.08. The van der Waals surface area contributed by atoms with Crippen molar-refractivity contribution in [1.82, 2.24) is 0 Å². The van der Waals surface area contributed by atoms with E-state index < -0.39 is 30.3 Å². The van der Waals surface area contributed by atoms with Crippen LogP contribution in [0, 0.1) is 11.6 Å². The van der Waals surface area contributed by atoms with Gasteiger partial charge in [0.2, 0.25) is 6.10 Å². The number of nitrogens with zero attached hydrogens (tertiary/aromatic N) is 1. The third kappa shape index (κ3) is 5.99. The number of ether oxygens (including phenoxy) is 2. The van der Waals surface area contributed by atoms with Crippen LogP contribution in [0.25, 0.3) is 0 Å². The van der Waals surface area contributed by atoms with E-state index in [1.165, 1.54) is 32.2 Å². The number of hydrogen-bond acceptors (Lipinski definition) is 5. The Labute approximate surface area is 163 Å². The molecule has 2 aromatic carbocycles. The summed E-state index contributed by atoms with van der Waals surface area (Å²) < 4.78 is 60.4. The van der Waals surface area contributed by atoms with Gasteiger partial charge in [-0.15, -0.1) is 0 Å². The molecule has 1 unspecified atom stereocenters. The third-order valence-electron chi connectivity index (χ3n) is 3.54. The number of oxime groups is 1. The normalized spacial score (nSPS) is 12.4. The lowest BCUT2D eigenvalue weighted by molar-refractivity contribution is -0.126. The quantitative estimate of drug-likeness (QED) is 0.299. The van der Waals surface area contributed by atoms with Crippen molar-refractivity contribution in [1.29, 1.82) is 0 Å². The van der Waals surface area contributed by atoms with Crippen LogP contribution in [0.2, 0.25) is 0 Å². The van der Waals surface area contributed by atoms with Gasteiger partial charge in [-0.25, -0.2) is 8.78 Å². The van der Waals surface area contributed by atoms with Gasteiger partial charge < -0.3 is 25.4 Å². The highest BCUT2D eigenvalue weighted by Crippen LogP contribution is 2.29. The van der Waals surface area contributed by atoms with Gasteiger partial charge in [0.15, 0.2) is 17.3 Å². The van der Waals surface area contributed by atoms with Gasteiger partial charge in [-0.1, -0.05) is 5.16 Å². The topological polar surface area (TPSA) is 95.2 Å². The minimum absolute atomic E-state index is 0.0153. The number of amidine groups is 1. The molecule has 0 aliphatic carbocycles. The zero-order chi connectivity index (χ0) is 21.6. The van der Waals surface area contributed by atoms with Gasteiger partial charge in [0, 0.05) is 11.6 Å². The number of carbonyl (C=O) groups excluding carboxylic acids is 1. The van der Waals surface area contributed by atoms with Crippen molar-refractivity contribution >= 4 is 17.4 Å². The van der Waals surface area contributed by atoms with Gasteiger partial charge in [-0.2, -0.15) is 8.78 Å². The number of benzene rings is 2. The maximum absolute atomic E-state index is 13.6. The number of anilines is 1. The third-order valence-corrected chi connectivity index (χ3v) is 3.54. The summed E-state index contributed by atoms with van der Waals surface area (Å²) in [4.78, 5) is 17.0. The standard InChI is InChI=1S/C18H17F4N3O4/c1-9(17(26)24-13-5-4-11(19)8-12(13)20)29-25-16(23)10-3-6-14(28-18(21)22)15(7-10)27-2/h3-9,18H,1-2H3,(H2,23,25)(H,24,26). The maximum atomic E-state index is 13.6. The van der Waals surface area contributed by atoms with Crippen LogP contribution in [0.5, 0.6) is 11.5 Å². The summed E-state index contributed by atoms with van der Waals surface area (Å²) in [5.41, 5.74) is 5.78. The lowest BCUT2D eigenvalue weighted by Gasteiger charge is -2.13. The maximum Gasteiger partial charge on any atom is 0.387 e. The number of rotatable bonds is 8. The van der Waals surface area contributed by atoms with E-state index in [1.807, 2.05) is 0 Å². The monoisotopic (exact) mass is 415 g/mol. The molecule has 0 heterocycles. The van der Waals surface area contributed by atoms with E-state index in [2.05, 4.69) is 15.2 Å². The molecule has 2 aromatic rings. The molecule has 3 N–H and O–H groups in total. The summed E-state index contributed by atoms with van der Waals surface area (Å²) in [5.74, 6) is -2.90. The van der Waals surface area contributed by atoms with E-state index in [-0.39, 0.29) is 28.6 Å². The second kappa shape index (κ2) is 9.62. The summed E-state index contributed by atoms with van der Waals surface area (Å²) >= 11 is 0. The number of carbonyl (C=O) groups is 1. The average molecular weight is 415 g/mol. The summed E-state index contributed by atoms with van der Waals surface area (Å²) in [7, 11) is 1.25. The first kappa shape index (κ1) is 21.8. The molecule has 0 aromatic heterocycles. The first-order chi connectivity index (χ1) is 13.7. The second-order valence-electron chi connectivity index (χ2n) is 5.58. The molecule has 0 bridgehead atoms. The van der Waals surface area contributed by atoms with Gasteiger partial charge in [0.25, 0.3) is 5.91 Å². The first-order valence-electron chi connectivity index (χ1n) is 8.09. The van der Waals surface area contributed by atoms with Crippen LogP contribution in [0.15, 0.2) is 41.6 Å². The number of amides is 1. The fraction of sp³-hybridized carbons (Fsp3) is 0.222. The molecule has 7 nitrogen and oxygen atoms in total. The van der Waals surface area contributed by atoms with Crippen molar-refractivity contribution in [3.8, 4) is 11.5 Å². The number of alkyl halides is 2. The van der Waals surface area contributed by atoms with Crippen LogP contribution >= 0.6 is 0 Å². The summed E-state index contributed by atoms with van der Waals surface area (Å²) in [6.07, 6.45) is -1.18. The van der Waals surface area contributed by atoms with Crippen LogP contribution in [-0.4, -0.2) is 31.6 Å². The molecule has 156 valence electrons. The van der Waals surface area contributed by atoms with E-state index in [0.29, 0.717) is 6.07 Å². The van der Waals surface area contributed by atoms with Crippen LogP contribution in [0.4, 0.5) is 23.2 Å². The molecule has 0 spiro atoms. The molecule has 0 radical (unpaired) electrons. The molecule has 0 fully saturated rings. The van der Waals surface area contributed by atoms with E-state index >= 15 is 0 Å². The van der Waals surface area contributed by atoms with Crippen LogP contribution < -0.4 is 20.5 Å². The molecule has 2 rings (SSSR count). The van der Waals surface area contributed by atoms with Crippen molar-refractivity contribution in [3.63, 3.8) is 0 Å². The highest BCUT2D eigenvalue weighted by atomic mass is 19.3. The van der Waals surface area contributed by atoms with Crippen molar-refractivity contribution in [2.24, 2.45) is 10.9 Å². The van der Waals surface area contributed by atoms with Crippen LogP contribution in [-0.2, 0) is 9.63 Å². The second-order valence-corrected chi connectivity index (χ2v) is 5.58. The molecule has 11 heteroatoms.